The van der Waals surface area contributed by atoms with Crippen LogP contribution in [0.4, 0.5) is 5.82 Å². The van der Waals surface area contributed by atoms with Gasteiger partial charge in [-0.2, -0.15) is 0 Å². The Kier molecular flexibility index (Phi) is 3.88. The van der Waals surface area contributed by atoms with Gasteiger partial charge in [-0.3, -0.25) is 4.57 Å². The average molecular weight is 312 g/mol. The van der Waals surface area contributed by atoms with Crippen molar-refractivity contribution in [2.75, 3.05) is 0 Å². The van der Waals surface area contributed by atoms with Crippen molar-refractivity contribution in [2.45, 2.75) is 0 Å². The molecule has 116 valence electrons. The van der Waals surface area contributed by atoms with E-state index in [0.29, 0.717) is 17.4 Å². The first-order valence-corrected chi connectivity index (χ1v) is 6.66. The standard InChI is InChI=1S/C15H12N4O4/c1-18-10-17-14(19(20)21)15(18)23-12-7-5-11(6-8-12)22-13-4-2-3-9-16-13/h2-10H,1H3. The van der Waals surface area contributed by atoms with Crippen molar-refractivity contribution in [3.63, 3.8) is 0 Å². The molecule has 0 bridgehead atoms. The summed E-state index contributed by atoms with van der Waals surface area (Å²) in [5.74, 6) is 1.22. The fourth-order valence-electron chi connectivity index (χ4n) is 1.87. The third kappa shape index (κ3) is 3.26. The Hall–Kier alpha value is -3.42. The van der Waals surface area contributed by atoms with E-state index in [0.717, 1.165) is 0 Å². The van der Waals surface area contributed by atoms with Gasteiger partial charge in [-0.05, 0) is 40.2 Å². The second-order valence-electron chi connectivity index (χ2n) is 4.58. The van der Waals surface area contributed by atoms with Gasteiger partial charge >= 0.3 is 11.7 Å². The molecule has 23 heavy (non-hydrogen) atoms. The fraction of sp³-hybridized carbons (Fsp3) is 0.0667. The zero-order chi connectivity index (χ0) is 16.2. The number of ether oxygens (including phenoxy) is 2. The summed E-state index contributed by atoms with van der Waals surface area (Å²) in [6.07, 6.45) is 2.96. The summed E-state index contributed by atoms with van der Waals surface area (Å²) < 4.78 is 12.5. The van der Waals surface area contributed by atoms with Crippen LogP contribution in [0.5, 0.6) is 23.3 Å². The van der Waals surface area contributed by atoms with Crippen LogP contribution < -0.4 is 9.47 Å². The number of pyridine rings is 1. The molecule has 3 rings (SSSR count). The molecule has 0 spiro atoms. The summed E-state index contributed by atoms with van der Waals surface area (Å²) in [6, 6.07) is 12.0. The van der Waals surface area contributed by atoms with Crippen LogP contribution in [0.3, 0.4) is 0 Å². The van der Waals surface area contributed by atoms with Crippen molar-refractivity contribution in [1.29, 1.82) is 0 Å². The number of nitrogens with zero attached hydrogens (tertiary/aromatic N) is 4. The van der Waals surface area contributed by atoms with Gasteiger partial charge < -0.3 is 19.6 Å². The van der Waals surface area contributed by atoms with Crippen LogP contribution in [0.2, 0.25) is 0 Å². The van der Waals surface area contributed by atoms with Crippen molar-refractivity contribution in [2.24, 2.45) is 7.05 Å². The number of benzene rings is 1. The third-order valence-electron chi connectivity index (χ3n) is 2.94. The topological polar surface area (TPSA) is 92.3 Å². The molecule has 0 radical (unpaired) electrons. The minimum absolute atomic E-state index is 0.0633. The maximum absolute atomic E-state index is 10.9. The average Bonchev–Trinajstić information content (AvgIpc) is 2.91. The van der Waals surface area contributed by atoms with Crippen LogP contribution in [-0.2, 0) is 7.05 Å². The van der Waals surface area contributed by atoms with E-state index in [1.54, 1.807) is 49.6 Å². The molecule has 2 aromatic heterocycles. The van der Waals surface area contributed by atoms with E-state index in [9.17, 15) is 10.1 Å². The summed E-state index contributed by atoms with van der Waals surface area (Å²) in [4.78, 5) is 18.1. The summed E-state index contributed by atoms with van der Waals surface area (Å²) in [7, 11) is 1.62. The van der Waals surface area contributed by atoms with Gasteiger partial charge in [0.1, 0.15) is 11.5 Å². The molecule has 8 heteroatoms. The molecular weight excluding hydrogens is 300 g/mol. The molecule has 0 saturated heterocycles. The summed E-state index contributed by atoms with van der Waals surface area (Å²) >= 11 is 0. The van der Waals surface area contributed by atoms with E-state index >= 15 is 0 Å². The van der Waals surface area contributed by atoms with Gasteiger partial charge in [-0.15, -0.1) is 0 Å². The number of aryl methyl sites for hydroxylation is 1. The molecule has 0 aliphatic carbocycles. The van der Waals surface area contributed by atoms with Gasteiger partial charge in [0.05, 0.1) is 0 Å². The van der Waals surface area contributed by atoms with Crippen molar-refractivity contribution >= 4 is 5.82 Å². The molecule has 1 aromatic carbocycles. The lowest BCUT2D eigenvalue weighted by molar-refractivity contribution is -0.390. The minimum atomic E-state index is -0.589. The van der Waals surface area contributed by atoms with E-state index in [2.05, 4.69) is 9.97 Å². The summed E-state index contributed by atoms with van der Waals surface area (Å²) in [5, 5.41) is 10.9. The Morgan fingerprint density at radius 2 is 1.74 bits per heavy atom. The van der Waals surface area contributed by atoms with Crippen molar-refractivity contribution in [3.8, 4) is 23.3 Å². The van der Waals surface area contributed by atoms with Crippen molar-refractivity contribution in [3.05, 3.63) is 65.1 Å². The number of hydrogen-bond donors (Lipinski definition) is 0. The highest BCUT2D eigenvalue weighted by atomic mass is 16.6. The van der Waals surface area contributed by atoms with Gasteiger partial charge in [-0.25, -0.2) is 4.98 Å². The van der Waals surface area contributed by atoms with E-state index in [4.69, 9.17) is 9.47 Å². The van der Waals surface area contributed by atoms with E-state index in [1.807, 2.05) is 6.07 Å². The van der Waals surface area contributed by atoms with Crippen LogP contribution >= 0.6 is 0 Å². The predicted octanol–water partition coefficient (Wildman–Crippen LogP) is 3.31. The largest absolute Gasteiger partial charge is 0.439 e. The van der Waals surface area contributed by atoms with E-state index in [-0.39, 0.29) is 11.7 Å². The lowest BCUT2D eigenvalue weighted by atomic mass is 10.3. The maximum atomic E-state index is 10.9. The molecule has 3 aromatic rings. The second kappa shape index (κ2) is 6.14. The van der Waals surface area contributed by atoms with Crippen molar-refractivity contribution in [1.82, 2.24) is 14.5 Å². The SMILES string of the molecule is Cn1cnc([N+](=O)[O-])c1Oc1ccc(Oc2ccccn2)cc1. The molecule has 0 atom stereocenters. The smallest absolute Gasteiger partial charge is 0.427 e. The first kappa shape index (κ1) is 14.5. The predicted molar refractivity (Wildman–Crippen MR) is 80.7 cm³/mol. The molecule has 0 aliphatic rings. The molecule has 2 heterocycles. The molecule has 0 N–H and O–H groups in total. The molecule has 0 unspecified atom stereocenters. The Labute approximate surface area is 131 Å². The number of rotatable bonds is 5. The first-order valence-electron chi connectivity index (χ1n) is 6.66. The van der Waals surface area contributed by atoms with Gasteiger partial charge in [0.2, 0.25) is 12.2 Å². The van der Waals surface area contributed by atoms with Crippen LogP contribution in [-0.4, -0.2) is 19.5 Å². The van der Waals surface area contributed by atoms with Crippen LogP contribution in [0.25, 0.3) is 0 Å². The number of imidazole rings is 1. The van der Waals surface area contributed by atoms with Crippen molar-refractivity contribution < 1.29 is 14.4 Å². The monoisotopic (exact) mass is 312 g/mol. The maximum Gasteiger partial charge on any atom is 0.427 e. The zero-order valence-corrected chi connectivity index (χ0v) is 12.1. The molecule has 0 aliphatic heterocycles. The van der Waals surface area contributed by atoms with Crippen LogP contribution in [0.15, 0.2) is 55.0 Å². The quantitative estimate of drug-likeness (QED) is 0.530. The summed E-state index contributed by atoms with van der Waals surface area (Å²) in [5.41, 5.74) is 0. The Balaban J connectivity index is 1.76. The van der Waals surface area contributed by atoms with Gasteiger partial charge in [0.15, 0.2) is 0 Å². The van der Waals surface area contributed by atoms with Gasteiger partial charge in [0.25, 0.3) is 0 Å². The molecule has 0 fully saturated rings. The van der Waals surface area contributed by atoms with Crippen LogP contribution in [0, 0.1) is 10.1 Å². The lowest BCUT2D eigenvalue weighted by Gasteiger charge is -2.07. The van der Waals surface area contributed by atoms with Gasteiger partial charge in [0, 0.05) is 19.3 Å². The number of nitro groups is 1. The fourth-order valence-corrected chi connectivity index (χ4v) is 1.87. The Bertz CT molecular complexity index is 815. The molecule has 0 saturated carbocycles. The Morgan fingerprint density at radius 1 is 1.04 bits per heavy atom. The molecule has 0 amide bonds. The van der Waals surface area contributed by atoms with Gasteiger partial charge in [-0.1, -0.05) is 6.07 Å². The lowest BCUT2D eigenvalue weighted by Crippen LogP contribution is -1.96. The number of hydrogen-bond acceptors (Lipinski definition) is 6. The van der Waals surface area contributed by atoms with E-state index in [1.165, 1.54) is 10.9 Å². The number of aromatic nitrogens is 3. The highest BCUT2D eigenvalue weighted by molar-refractivity contribution is 5.40. The second-order valence-corrected chi connectivity index (χ2v) is 4.58. The highest BCUT2D eigenvalue weighted by Gasteiger charge is 2.22. The highest BCUT2D eigenvalue weighted by Crippen LogP contribution is 2.30. The summed E-state index contributed by atoms with van der Waals surface area (Å²) in [6.45, 7) is 0. The van der Waals surface area contributed by atoms with Crippen LogP contribution in [0.1, 0.15) is 0 Å². The first-order chi connectivity index (χ1) is 11.1. The molecule has 8 nitrogen and oxygen atoms in total. The normalized spacial score (nSPS) is 10.3. The molecular formula is C15H12N4O4. The minimum Gasteiger partial charge on any atom is -0.439 e. The Morgan fingerprint density at radius 3 is 2.35 bits per heavy atom. The zero-order valence-electron chi connectivity index (χ0n) is 12.1. The third-order valence-corrected chi connectivity index (χ3v) is 2.94. The van der Waals surface area contributed by atoms with E-state index < -0.39 is 4.92 Å².